The Kier molecular flexibility index (Phi) is 22.3. The van der Waals surface area contributed by atoms with Crippen molar-refractivity contribution in [1.82, 2.24) is 4.58 Å². The number of carboxylic acid groups (broad SMARTS) is 1. The SMILES string of the molecule is CC[N+](CCCS(=O)(=O)[O-])=c1ccc2c(/C=C/C=C3/N(CCOCCOCCOCCC(=O)O)c4ccc(S(=O)(=O)[O-])cc4C3(C)CCCS(=O)(=O)[O-])ccoc-2c1.[Na+].[Na+]. The van der Waals surface area contributed by atoms with E-state index in [0.717, 1.165) is 16.5 Å². The molecular formula is C38H48N2Na2O15S3. The quantitative estimate of drug-likeness (QED) is 0.0397. The van der Waals surface area contributed by atoms with E-state index in [0.29, 0.717) is 35.8 Å². The van der Waals surface area contributed by atoms with Crippen molar-refractivity contribution in [1.29, 1.82) is 0 Å². The van der Waals surface area contributed by atoms with Crippen LogP contribution in [0.1, 0.15) is 50.7 Å². The number of hydrogen-bond donors (Lipinski definition) is 1. The number of anilines is 1. The van der Waals surface area contributed by atoms with E-state index < -0.39 is 58.1 Å². The van der Waals surface area contributed by atoms with E-state index in [-0.39, 0.29) is 131 Å². The van der Waals surface area contributed by atoms with Crippen molar-refractivity contribution in [3.05, 3.63) is 83.1 Å². The molecule has 60 heavy (non-hydrogen) atoms. The van der Waals surface area contributed by atoms with Crippen LogP contribution in [0.2, 0.25) is 0 Å². The largest absolute Gasteiger partial charge is 1.00 e. The second-order valence-corrected chi connectivity index (χ2v) is 18.1. The summed E-state index contributed by atoms with van der Waals surface area (Å²) in [5.41, 5.74) is 2.13. The van der Waals surface area contributed by atoms with Crippen molar-refractivity contribution in [2.45, 2.75) is 49.8 Å². The fourth-order valence-corrected chi connectivity index (χ4v) is 8.23. The van der Waals surface area contributed by atoms with Crippen molar-refractivity contribution in [2.75, 3.05) is 75.7 Å². The van der Waals surface area contributed by atoms with E-state index in [2.05, 4.69) is 0 Å². The molecule has 1 atom stereocenters. The first-order valence-electron chi connectivity index (χ1n) is 18.5. The van der Waals surface area contributed by atoms with Gasteiger partial charge in [0, 0.05) is 52.9 Å². The molecule has 0 saturated carbocycles. The zero-order valence-corrected chi connectivity index (χ0v) is 40.7. The Morgan fingerprint density at radius 2 is 1.50 bits per heavy atom. The Hall–Kier alpha value is -1.99. The molecule has 320 valence electrons. The molecule has 1 aliphatic carbocycles. The third kappa shape index (κ3) is 16.6. The van der Waals surface area contributed by atoms with Gasteiger partial charge in [0.05, 0.1) is 83.5 Å². The van der Waals surface area contributed by atoms with E-state index in [1.807, 2.05) is 40.7 Å². The minimum absolute atomic E-state index is 0. The molecule has 0 bridgehead atoms. The summed E-state index contributed by atoms with van der Waals surface area (Å²) in [4.78, 5) is 12.0. The normalized spacial score (nSPS) is 16.8. The molecular weight excluding hydrogens is 867 g/mol. The average molecular weight is 915 g/mol. The summed E-state index contributed by atoms with van der Waals surface area (Å²) in [5, 5.41) is 9.46. The van der Waals surface area contributed by atoms with Crippen molar-refractivity contribution in [3.8, 4) is 11.3 Å². The second-order valence-electron chi connectivity index (χ2n) is 13.6. The predicted octanol–water partition coefficient (Wildman–Crippen LogP) is -3.45. The first-order valence-corrected chi connectivity index (χ1v) is 23.1. The van der Waals surface area contributed by atoms with E-state index in [4.69, 9.17) is 23.7 Å². The Morgan fingerprint density at radius 3 is 2.12 bits per heavy atom. The maximum atomic E-state index is 12.1. The molecule has 2 aliphatic heterocycles. The first-order chi connectivity index (χ1) is 27.3. The van der Waals surface area contributed by atoms with Crippen LogP contribution in [0.4, 0.5) is 5.69 Å². The zero-order chi connectivity index (χ0) is 42.6. The van der Waals surface area contributed by atoms with Crippen LogP contribution in [0.3, 0.4) is 0 Å². The molecule has 22 heteroatoms. The van der Waals surface area contributed by atoms with Crippen LogP contribution in [0.5, 0.6) is 0 Å². The fourth-order valence-electron chi connectivity index (χ4n) is 6.76. The molecule has 0 radical (unpaired) electrons. The van der Waals surface area contributed by atoms with Gasteiger partial charge in [0.25, 0.3) is 0 Å². The Morgan fingerprint density at radius 1 is 0.867 bits per heavy atom. The standard InChI is InChI=1S/C38H50N2O15S3.2Na/c1-3-39(16-6-26-57(46,47)48)30-9-11-32-29(13-19-55-35(32)27-30)7-4-8-36-38(2,15-5-25-56(43,44)45)33-28-31(58(49,50)51)10-12-34(33)40(36)17-20-53-22-24-54-23-21-52-18-14-37(41)42;;/h4,7-13,19,27-28H,3,5-6,14-18,20-26H2,1-2H3,(H3-,41,42,43,44,45,46,47,48,49,50,51);;/q;2*+1/p-2. The monoisotopic (exact) mass is 914 g/mol. The minimum atomic E-state index is -4.86. The average Bonchev–Trinajstić information content (AvgIpc) is 3.36. The Bertz CT molecular complexity index is 2330. The topological polar surface area (TPSA) is 256 Å². The number of ether oxygens (including phenoxy) is 3. The molecule has 1 aromatic rings. The number of hydrogen-bond acceptors (Lipinski definition) is 15. The van der Waals surface area contributed by atoms with Gasteiger partial charge in [0.2, 0.25) is 5.36 Å². The third-order valence-corrected chi connectivity index (χ3v) is 12.0. The van der Waals surface area contributed by atoms with Crippen LogP contribution < -0.4 is 73.9 Å². The molecule has 17 nitrogen and oxygen atoms in total. The number of benzene rings is 2. The maximum Gasteiger partial charge on any atom is 1.00 e. The summed E-state index contributed by atoms with van der Waals surface area (Å²) in [5.74, 6) is -1.54. The first kappa shape index (κ1) is 54.1. The van der Waals surface area contributed by atoms with Gasteiger partial charge in [-0.3, -0.25) is 4.79 Å². The van der Waals surface area contributed by atoms with Gasteiger partial charge < -0.3 is 42.3 Å². The molecule has 4 rings (SSSR count). The van der Waals surface area contributed by atoms with Crippen LogP contribution in [-0.2, 0) is 54.8 Å². The number of allylic oxidation sites excluding steroid dienone is 3. The smallest absolute Gasteiger partial charge is 0.748 e. The van der Waals surface area contributed by atoms with Crippen LogP contribution >= 0.6 is 0 Å². The third-order valence-electron chi connectivity index (χ3n) is 9.55. The number of fused-ring (bicyclic) bond motifs is 2. The van der Waals surface area contributed by atoms with Crippen LogP contribution in [0, 0.1) is 0 Å². The van der Waals surface area contributed by atoms with Crippen LogP contribution in [0.25, 0.3) is 17.4 Å². The molecule has 0 saturated heterocycles. The van der Waals surface area contributed by atoms with Gasteiger partial charge in [-0.05, 0) is 74.2 Å². The molecule has 0 amide bonds. The van der Waals surface area contributed by atoms with E-state index in [9.17, 15) is 43.7 Å². The van der Waals surface area contributed by atoms with E-state index >= 15 is 0 Å². The summed E-state index contributed by atoms with van der Waals surface area (Å²) >= 11 is 0. The summed E-state index contributed by atoms with van der Waals surface area (Å²) in [6.45, 7) is 6.04. The fraction of sp³-hybridized carbons (Fsp3) is 0.474. The van der Waals surface area contributed by atoms with Gasteiger partial charge in [-0.1, -0.05) is 12.2 Å². The van der Waals surface area contributed by atoms with Gasteiger partial charge in [0.1, 0.15) is 29.0 Å². The summed E-state index contributed by atoms with van der Waals surface area (Å²) in [7, 11) is -13.8. The number of carboxylic acids is 1. The van der Waals surface area contributed by atoms with Gasteiger partial charge in [0.15, 0.2) is 0 Å². The van der Waals surface area contributed by atoms with Gasteiger partial charge >= 0.3 is 65.1 Å². The maximum absolute atomic E-state index is 12.1. The van der Waals surface area contributed by atoms with Crippen LogP contribution in [-0.4, -0.2) is 121 Å². The Balaban J connectivity index is 0.00000620. The van der Waals surface area contributed by atoms with Crippen molar-refractivity contribution < 1.29 is 127 Å². The van der Waals surface area contributed by atoms with Crippen molar-refractivity contribution >= 4 is 48.1 Å². The molecule has 1 aromatic carbocycles. The number of aliphatic carboxylic acids is 1. The molecule has 2 heterocycles. The van der Waals surface area contributed by atoms with Gasteiger partial charge in [-0.25, -0.2) is 29.8 Å². The van der Waals surface area contributed by atoms with Gasteiger partial charge in [-0.15, -0.1) is 0 Å². The summed E-state index contributed by atoms with van der Waals surface area (Å²) in [6.07, 6.45) is 7.06. The predicted molar refractivity (Wildman–Crippen MR) is 210 cm³/mol. The number of nitrogens with zero attached hydrogens (tertiary/aromatic N) is 2. The Labute approximate surface area is 395 Å². The number of carbonyl (C=O) groups is 1. The summed E-state index contributed by atoms with van der Waals surface area (Å²) < 4.78 is 129. The van der Waals surface area contributed by atoms with E-state index in [1.54, 1.807) is 25.1 Å². The zero-order valence-electron chi connectivity index (χ0n) is 34.2. The minimum Gasteiger partial charge on any atom is -0.748 e. The molecule has 0 fully saturated rings. The molecule has 3 aliphatic rings. The second kappa shape index (κ2) is 24.7. The van der Waals surface area contributed by atoms with E-state index in [1.165, 1.54) is 24.5 Å². The van der Waals surface area contributed by atoms with Crippen molar-refractivity contribution in [3.63, 3.8) is 0 Å². The molecule has 1 unspecified atom stereocenters. The molecule has 0 aromatic heterocycles. The van der Waals surface area contributed by atoms with Crippen molar-refractivity contribution in [2.24, 2.45) is 0 Å². The summed E-state index contributed by atoms with van der Waals surface area (Å²) in [6, 6.07) is 11.3. The van der Waals surface area contributed by atoms with Gasteiger partial charge in [-0.2, -0.15) is 0 Å². The molecule has 0 spiro atoms. The van der Waals surface area contributed by atoms with Crippen LogP contribution in [0.15, 0.2) is 75.9 Å². The number of rotatable bonds is 24. The molecule has 1 N–H and O–H groups in total.